The maximum atomic E-state index is 13.0. The second-order valence-electron chi connectivity index (χ2n) is 4.14. The lowest BCUT2D eigenvalue weighted by molar-refractivity contribution is -0.134. The number of amides is 1. The molecule has 1 aromatic rings. The van der Waals surface area contributed by atoms with E-state index in [4.69, 9.17) is 0 Å². The van der Waals surface area contributed by atoms with Crippen LogP contribution in [0.1, 0.15) is 26.3 Å². The van der Waals surface area contributed by atoms with Crippen LogP contribution in [0.2, 0.25) is 0 Å². The molecule has 0 spiro atoms. The van der Waals surface area contributed by atoms with Crippen LogP contribution >= 0.6 is 0 Å². The fourth-order valence-corrected chi connectivity index (χ4v) is 1.57. The summed E-state index contributed by atoms with van der Waals surface area (Å²) in [5.41, 5.74) is 0.829. The summed E-state index contributed by atoms with van der Waals surface area (Å²) in [6.07, 6.45) is 0. The number of hydrogen-bond donors (Lipinski definition) is 0. The van der Waals surface area contributed by atoms with E-state index >= 15 is 0 Å². The Kier molecular flexibility index (Phi) is 4.47. The fraction of sp³-hybridized carbons (Fsp3) is 0.462. The number of carbonyl (C=O) groups excluding carboxylic acids is 1. The Balaban J connectivity index is 2.74. The molecule has 0 heterocycles. The first-order valence-corrected chi connectivity index (χ1v) is 5.57. The van der Waals surface area contributed by atoms with Crippen LogP contribution in [0.25, 0.3) is 0 Å². The zero-order valence-corrected chi connectivity index (χ0v) is 10.0. The van der Waals surface area contributed by atoms with Crippen molar-refractivity contribution in [3.8, 4) is 0 Å². The molecule has 0 bridgehead atoms. The van der Waals surface area contributed by atoms with Gasteiger partial charge < -0.3 is 4.90 Å². The first-order chi connectivity index (χ1) is 7.54. The Bertz CT molecular complexity index is 363. The summed E-state index contributed by atoms with van der Waals surface area (Å²) in [7, 11) is 0. The van der Waals surface area contributed by atoms with Gasteiger partial charge in [0.25, 0.3) is 0 Å². The standard InChI is InChI=1S/C13H18FNO/c1-4-15(13(16)10(2)3)9-11-6-5-7-12(14)8-11/h5-8,10H,4,9H2,1-3H3. The van der Waals surface area contributed by atoms with E-state index < -0.39 is 0 Å². The average molecular weight is 223 g/mol. The Hall–Kier alpha value is -1.38. The molecule has 2 nitrogen and oxygen atoms in total. The van der Waals surface area contributed by atoms with Gasteiger partial charge in [-0.05, 0) is 24.6 Å². The minimum absolute atomic E-state index is 0.0199. The maximum absolute atomic E-state index is 13.0. The number of halogens is 1. The molecule has 0 N–H and O–H groups in total. The average Bonchev–Trinajstić information content (AvgIpc) is 2.25. The molecule has 0 aliphatic rings. The molecule has 0 saturated carbocycles. The fourth-order valence-electron chi connectivity index (χ4n) is 1.57. The molecule has 0 aliphatic carbocycles. The minimum atomic E-state index is -0.259. The molecule has 88 valence electrons. The van der Waals surface area contributed by atoms with Gasteiger partial charge >= 0.3 is 0 Å². The van der Waals surface area contributed by atoms with Crippen LogP contribution < -0.4 is 0 Å². The molecule has 3 heteroatoms. The van der Waals surface area contributed by atoms with E-state index in [1.807, 2.05) is 26.8 Å². The van der Waals surface area contributed by atoms with Gasteiger partial charge in [0.2, 0.25) is 5.91 Å². The summed E-state index contributed by atoms with van der Waals surface area (Å²) in [6.45, 7) is 6.80. The quantitative estimate of drug-likeness (QED) is 0.768. The first kappa shape index (κ1) is 12.7. The minimum Gasteiger partial charge on any atom is -0.338 e. The summed E-state index contributed by atoms with van der Waals surface area (Å²) in [5, 5.41) is 0. The van der Waals surface area contributed by atoms with Crippen LogP contribution in [-0.4, -0.2) is 17.4 Å². The molecule has 0 aromatic heterocycles. The van der Waals surface area contributed by atoms with Gasteiger partial charge in [0.1, 0.15) is 5.82 Å². The number of nitrogens with zero attached hydrogens (tertiary/aromatic N) is 1. The lowest BCUT2D eigenvalue weighted by Gasteiger charge is -2.23. The van der Waals surface area contributed by atoms with E-state index in [1.54, 1.807) is 11.0 Å². The third-order valence-electron chi connectivity index (χ3n) is 2.45. The normalized spacial score (nSPS) is 10.6. The molecule has 0 unspecified atom stereocenters. The molecule has 16 heavy (non-hydrogen) atoms. The topological polar surface area (TPSA) is 20.3 Å². The van der Waals surface area contributed by atoms with E-state index in [9.17, 15) is 9.18 Å². The van der Waals surface area contributed by atoms with Crippen LogP contribution in [0.15, 0.2) is 24.3 Å². The summed E-state index contributed by atoms with van der Waals surface area (Å²) >= 11 is 0. The van der Waals surface area contributed by atoms with Crippen molar-refractivity contribution >= 4 is 5.91 Å². The van der Waals surface area contributed by atoms with E-state index in [-0.39, 0.29) is 17.6 Å². The van der Waals surface area contributed by atoms with Crippen molar-refractivity contribution in [2.24, 2.45) is 5.92 Å². The van der Waals surface area contributed by atoms with Crippen LogP contribution in [0.3, 0.4) is 0 Å². The molecule has 0 radical (unpaired) electrons. The number of carbonyl (C=O) groups is 1. The first-order valence-electron chi connectivity index (χ1n) is 5.57. The van der Waals surface area contributed by atoms with Gasteiger partial charge in [0, 0.05) is 19.0 Å². The van der Waals surface area contributed by atoms with Crippen molar-refractivity contribution < 1.29 is 9.18 Å². The van der Waals surface area contributed by atoms with Crippen molar-refractivity contribution in [2.75, 3.05) is 6.54 Å². The van der Waals surface area contributed by atoms with Gasteiger partial charge in [-0.2, -0.15) is 0 Å². The van der Waals surface area contributed by atoms with Crippen molar-refractivity contribution in [1.82, 2.24) is 4.90 Å². The van der Waals surface area contributed by atoms with Gasteiger partial charge in [-0.15, -0.1) is 0 Å². The highest BCUT2D eigenvalue weighted by Crippen LogP contribution is 2.10. The number of hydrogen-bond acceptors (Lipinski definition) is 1. The summed E-state index contributed by atoms with van der Waals surface area (Å²) in [4.78, 5) is 13.5. The molecule has 1 amide bonds. The Morgan fingerprint density at radius 2 is 2.12 bits per heavy atom. The predicted octanol–water partition coefficient (Wildman–Crippen LogP) is 2.83. The van der Waals surface area contributed by atoms with E-state index in [0.29, 0.717) is 13.1 Å². The van der Waals surface area contributed by atoms with E-state index in [0.717, 1.165) is 5.56 Å². The highest BCUT2D eigenvalue weighted by molar-refractivity contribution is 5.78. The van der Waals surface area contributed by atoms with Gasteiger partial charge in [-0.3, -0.25) is 4.79 Å². The highest BCUT2D eigenvalue weighted by Gasteiger charge is 2.15. The van der Waals surface area contributed by atoms with Crippen molar-refractivity contribution in [1.29, 1.82) is 0 Å². The second-order valence-corrected chi connectivity index (χ2v) is 4.14. The van der Waals surface area contributed by atoms with Gasteiger partial charge in [-0.25, -0.2) is 4.39 Å². The molecule has 0 saturated heterocycles. The van der Waals surface area contributed by atoms with E-state index in [1.165, 1.54) is 12.1 Å². The van der Waals surface area contributed by atoms with Crippen molar-refractivity contribution in [3.05, 3.63) is 35.6 Å². The van der Waals surface area contributed by atoms with Gasteiger partial charge in [0.15, 0.2) is 0 Å². The summed E-state index contributed by atoms with van der Waals surface area (Å²) in [5.74, 6) is -0.175. The van der Waals surface area contributed by atoms with Crippen molar-refractivity contribution in [3.63, 3.8) is 0 Å². The Labute approximate surface area is 96.1 Å². The highest BCUT2D eigenvalue weighted by atomic mass is 19.1. The second kappa shape index (κ2) is 5.64. The van der Waals surface area contributed by atoms with Crippen LogP contribution in [-0.2, 0) is 11.3 Å². The zero-order chi connectivity index (χ0) is 12.1. The summed E-state index contributed by atoms with van der Waals surface area (Å²) in [6, 6.07) is 6.37. The summed E-state index contributed by atoms with van der Waals surface area (Å²) < 4.78 is 13.0. The third-order valence-corrected chi connectivity index (χ3v) is 2.45. The van der Waals surface area contributed by atoms with Gasteiger partial charge in [0.05, 0.1) is 0 Å². The smallest absolute Gasteiger partial charge is 0.225 e. The maximum Gasteiger partial charge on any atom is 0.225 e. The lowest BCUT2D eigenvalue weighted by atomic mass is 10.1. The number of rotatable bonds is 4. The zero-order valence-electron chi connectivity index (χ0n) is 10.0. The molecular formula is C13H18FNO. The Morgan fingerprint density at radius 3 is 2.62 bits per heavy atom. The third kappa shape index (κ3) is 3.33. The van der Waals surface area contributed by atoms with Gasteiger partial charge in [-0.1, -0.05) is 26.0 Å². The molecule has 1 aromatic carbocycles. The van der Waals surface area contributed by atoms with Crippen LogP contribution in [0, 0.1) is 11.7 Å². The SMILES string of the molecule is CCN(Cc1cccc(F)c1)C(=O)C(C)C. The van der Waals surface area contributed by atoms with Crippen LogP contribution in [0.5, 0.6) is 0 Å². The largest absolute Gasteiger partial charge is 0.338 e. The molecule has 0 fully saturated rings. The Morgan fingerprint density at radius 1 is 1.44 bits per heavy atom. The lowest BCUT2D eigenvalue weighted by Crippen LogP contribution is -2.33. The molecule has 1 rings (SSSR count). The number of benzene rings is 1. The molecule has 0 aliphatic heterocycles. The molecular weight excluding hydrogens is 205 g/mol. The van der Waals surface area contributed by atoms with E-state index in [2.05, 4.69) is 0 Å². The van der Waals surface area contributed by atoms with Crippen LogP contribution in [0.4, 0.5) is 4.39 Å². The van der Waals surface area contributed by atoms with Crippen molar-refractivity contribution in [2.45, 2.75) is 27.3 Å². The molecule has 0 atom stereocenters. The monoisotopic (exact) mass is 223 g/mol. The predicted molar refractivity (Wildman–Crippen MR) is 62.3 cm³/mol.